The minimum absolute atomic E-state index is 0.0705. The largest absolute Gasteiger partial charge is 0.346 e. The van der Waals surface area contributed by atoms with Gasteiger partial charge in [0.1, 0.15) is 5.01 Å². The van der Waals surface area contributed by atoms with E-state index in [4.69, 9.17) is 0 Å². The van der Waals surface area contributed by atoms with Crippen LogP contribution >= 0.6 is 11.3 Å². The van der Waals surface area contributed by atoms with Gasteiger partial charge in [0.2, 0.25) is 5.13 Å². The third-order valence-electron chi connectivity index (χ3n) is 1.62. The van der Waals surface area contributed by atoms with Crippen molar-refractivity contribution < 1.29 is 9.59 Å². The Bertz CT molecular complexity index is 389. The number of aromatic nitrogens is 2. The summed E-state index contributed by atoms with van der Waals surface area (Å²) in [6, 6.07) is -0.0705. The number of aryl methyl sites for hydroxylation is 1. The van der Waals surface area contributed by atoms with Gasteiger partial charge in [-0.05, 0) is 20.3 Å². The summed E-state index contributed by atoms with van der Waals surface area (Å²) in [4.78, 5) is 22.6. The molecule has 0 aliphatic rings. The summed E-state index contributed by atoms with van der Waals surface area (Å²) >= 11 is 1.26. The van der Waals surface area contributed by atoms with E-state index in [2.05, 4.69) is 20.8 Å². The van der Waals surface area contributed by atoms with Crippen molar-refractivity contribution in [2.75, 3.05) is 5.32 Å². The van der Waals surface area contributed by atoms with Gasteiger partial charge in [0.25, 0.3) is 0 Å². The maximum Gasteiger partial charge on any atom is 0.315 e. The van der Waals surface area contributed by atoms with Crippen LogP contribution in [0.15, 0.2) is 0 Å². The number of anilines is 1. The van der Waals surface area contributed by atoms with E-state index in [1.807, 2.05) is 6.92 Å². The van der Waals surface area contributed by atoms with Crippen LogP contribution in [0.4, 0.5) is 5.13 Å². The summed E-state index contributed by atoms with van der Waals surface area (Å²) in [5.74, 6) is -1.38. The second-order valence-corrected chi connectivity index (χ2v) is 4.50. The Morgan fingerprint density at radius 3 is 2.50 bits per heavy atom. The molecule has 0 bridgehead atoms. The van der Waals surface area contributed by atoms with Gasteiger partial charge in [-0.25, -0.2) is 0 Å². The molecule has 88 valence electrons. The topological polar surface area (TPSA) is 84.0 Å². The molecule has 0 atom stereocenters. The molecule has 0 saturated heterocycles. The Morgan fingerprint density at radius 2 is 2.00 bits per heavy atom. The average Bonchev–Trinajstić information content (AvgIpc) is 2.64. The van der Waals surface area contributed by atoms with Crippen LogP contribution in [-0.4, -0.2) is 28.1 Å². The van der Waals surface area contributed by atoms with E-state index in [9.17, 15) is 9.59 Å². The van der Waals surface area contributed by atoms with Crippen molar-refractivity contribution in [1.82, 2.24) is 15.5 Å². The summed E-state index contributed by atoms with van der Waals surface area (Å²) in [5.41, 5.74) is 0. The number of amides is 2. The predicted molar refractivity (Wildman–Crippen MR) is 61.2 cm³/mol. The van der Waals surface area contributed by atoms with E-state index in [-0.39, 0.29) is 6.04 Å². The minimum Gasteiger partial charge on any atom is -0.346 e. The molecule has 1 aromatic rings. The molecule has 0 aromatic carbocycles. The molecule has 1 heterocycles. The molecule has 0 aliphatic carbocycles. The Morgan fingerprint density at radius 1 is 1.31 bits per heavy atom. The molecule has 2 N–H and O–H groups in total. The molecule has 1 aromatic heterocycles. The van der Waals surface area contributed by atoms with Crippen molar-refractivity contribution in [3.8, 4) is 0 Å². The number of carbonyl (C=O) groups is 2. The normalized spacial score (nSPS) is 10.2. The molecular weight excluding hydrogens is 228 g/mol. The molecule has 0 spiro atoms. The standard InChI is InChI=1S/C9H14N4O2S/c1-4-6-12-13-9(16-6)11-8(15)7(14)10-5(2)3/h5H,4H2,1-3H3,(H,10,14)(H,11,13,15). The van der Waals surface area contributed by atoms with E-state index >= 15 is 0 Å². The maximum absolute atomic E-state index is 11.4. The fourth-order valence-corrected chi connectivity index (χ4v) is 1.60. The second kappa shape index (κ2) is 5.55. The number of carbonyl (C=O) groups excluding carboxylic acids is 2. The van der Waals surface area contributed by atoms with Crippen LogP contribution in [0.5, 0.6) is 0 Å². The van der Waals surface area contributed by atoms with Gasteiger partial charge in [-0.2, -0.15) is 0 Å². The lowest BCUT2D eigenvalue weighted by molar-refractivity contribution is -0.136. The van der Waals surface area contributed by atoms with Gasteiger partial charge in [-0.15, -0.1) is 10.2 Å². The molecule has 0 fully saturated rings. The summed E-state index contributed by atoms with van der Waals surface area (Å²) in [6.45, 7) is 5.51. The Labute approximate surface area is 97.5 Å². The fourth-order valence-electron chi connectivity index (χ4n) is 0.929. The van der Waals surface area contributed by atoms with Crippen LogP contribution in [0.1, 0.15) is 25.8 Å². The van der Waals surface area contributed by atoms with E-state index < -0.39 is 11.8 Å². The molecule has 2 amide bonds. The Balaban J connectivity index is 2.54. The summed E-state index contributed by atoms with van der Waals surface area (Å²) in [7, 11) is 0. The molecule has 1 rings (SSSR count). The quantitative estimate of drug-likeness (QED) is 0.759. The lowest BCUT2D eigenvalue weighted by atomic mass is 10.4. The van der Waals surface area contributed by atoms with Crippen LogP contribution in [0.2, 0.25) is 0 Å². The lowest BCUT2D eigenvalue weighted by Gasteiger charge is -2.06. The van der Waals surface area contributed by atoms with Crippen LogP contribution in [0, 0.1) is 0 Å². The number of nitrogens with zero attached hydrogens (tertiary/aromatic N) is 2. The van der Waals surface area contributed by atoms with Crippen molar-refractivity contribution in [3.05, 3.63) is 5.01 Å². The van der Waals surface area contributed by atoms with Crippen molar-refractivity contribution in [3.63, 3.8) is 0 Å². The summed E-state index contributed by atoms with van der Waals surface area (Å²) < 4.78 is 0. The van der Waals surface area contributed by atoms with Gasteiger partial charge in [-0.3, -0.25) is 14.9 Å². The first-order valence-electron chi connectivity index (χ1n) is 4.97. The predicted octanol–water partition coefficient (Wildman–Crippen LogP) is 0.564. The van der Waals surface area contributed by atoms with E-state index in [1.54, 1.807) is 13.8 Å². The van der Waals surface area contributed by atoms with Crippen molar-refractivity contribution >= 4 is 28.3 Å². The lowest BCUT2D eigenvalue weighted by Crippen LogP contribution is -2.39. The van der Waals surface area contributed by atoms with Gasteiger partial charge < -0.3 is 5.32 Å². The minimum atomic E-state index is -0.715. The van der Waals surface area contributed by atoms with Gasteiger partial charge in [0.05, 0.1) is 0 Å². The molecule has 0 unspecified atom stereocenters. The number of hydrogen-bond donors (Lipinski definition) is 2. The average molecular weight is 242 g/mol. The number of rotatable bonds is 3. The van der Waals surface area contributed by atoms with Crippen LogP contribution < -0.4 is 10.6 Å². The Kier molecular flexibility index (Phi) is 4.36. The zero-order valence-electron chi connectivity index (χ0n) is 9.40. The number of hydrogen-bond acceptors (Lipinski definition) is 5. The van der Waals surface area contributed by atoms with E-state index in [1.165, 1.54) is 11.3 Å². The maximum atomic E-state index is 11.4. The van der Waals surface area contributed by atoms with Gasteiger partial charge in [0.15, 0.2) is 0 Å². The number of nitrogens with one attached hydrogen (secondary N) is 2. The van der Waals surface area contributed by atoms with Crippen molar-refractivity contribution in [1.29, 1.82) is 0 Å². The third kappa shape index (κ3) is 3.58. The molecule has 0 aliphatic heterocycles. The van der Waals surface area contributed by atoms with Crippen molar-refractivity contribution in [2.45, 2.75) is 33.2 Å². The fraction of sp³-hybridized carbons (Fsp3) is 0.556. The highest BCUT2D eigenvalue weighted by molar-refractivity contribution is 7.15. The van der Waals surface area contributed by atoms with Crippen molar-refractivity contribution in [2.24, 2.45) is 0 Å². The molecule has 0 radical (unpaired) electrons. The molecule has 0 saturated carbocycles. The summed E-state index contributed by atoms with van der Waals surface area (Å²) in [5, 5.41) is 13.6. The molecule has 16 heavy (non-hydrogen) atoms. The first-order chi connectivity index (χ1) is 7.52. The SMILES string of the molecule is CCc1nnc(NC(=O)C(=O)NC(C)C)s1. The highest BCUT2D eigenvalue weighted by Crippen LogP contribution is 2.14. The van der Waals surface area contributed by atoms with Gasteiger partial charge in [0, 0.05) is 6.04 Å². The van der Waals surface area contributed by atoms with E-state index in [0.717, 1.165) is 11.4 Å². The van der Waals surface area contributed by atoms with Crippen LogP contribution in [0.25, 0.3) is 0 Å². The van der Waals surface area contributed by atoms with E-state index in [0.29, 0.717) is 5.13 Å². The van der Waals surface area contributed by atoms with Gasteiger partial charge >= 0.3 is 11.8 Å². The highest BCUT2D eigenvalue weighted by Gasteiger charge is 2.16. The molecule has 6 nitrogen and oxygen atoms in total. The smallest absolute Gasteiger partial charge is 0.315 e. The molecular formula is C9H14N4O2S. The zero-order valence-corrected chi connectivity index (χ0v) is 10.2. The monoisotopic (exact) mass is 242 g/mol. The third-order valence-corrected chi connectivity index (χ3v) is 2.60. The molecule has 7 heteroatoms. The van der Waals surface area contributed by atoms with Crippen LogP contribution in [-0.2, 0) is 16.0 Å². The Hall–Kier alpha value is -1.50. The first kappa shape index (κ1) is 12.6. The first-order valence-corrected chi connectivity index (χ1v) is 5.78. The van der Waals surface area contributed by atoms with Gasteiger partial charge in [-0.1, -0.05) is 18.3 Å². The summed E-state index contributed by atoms with van der Waals surface area (Å²) in [6.07, 6.45) is 0.756. The van der Waals surface area contributed by atoms with Crippen LogP contribution in [0.3, 0.4) is 0 Å². The highest BCUT2D eigenvalue weighted by atomic mass is 32.1. The zero-order chi connectivity index (χ0) is 12.1. The second-order valence-electron chi connectivity index (χ2n) is 3.44.